The van der Waals surface area contributed by atoms with Crippen molar-refractivity contribution in [3.8, 4) is 27.9 Å². The Morgan fingerprint density at radius 2 is 1.79 bits per heavy atom. The van der Waals surface area contributed by atoms with Gasteiger partial charge in [0.2, 0.25) is 10.0 Å². The van der Waals surface area contributed by atoms with E-state index in [1.54, 1.807) is 24.5 Å². The van der Waals surface area contributed by atoms with Crippen LogP contribution in [0.25, 0.3) is 39.0 Å². The number of nitrogens with zero attached hydrogens (tertiary/aromatic N) is 4. The number of benzene rings is 3. The van der Waals surface area contributed by atoms with Crippen molar-refractivity contribution in [2.75, 3.05) is 4.72 Å². The van der Waals surface area contributed by atoms with Gasteiger partial charge >= 0.3 is 0 Å². The molecule has 3 aromatic carbocycles. The molecule has 194 valence electrons. The van der Waals surface area contributed by atoms with Crippen molar-refractivity contribution >= 4 is 26.7 Å². The molecular formula is C28H25F2N5O2S. The fourth-order valence-electron chi connectivity index (χ4n) is 4.48. The smallest absolute Gasteiger partial charge is 0.235 e. The number of hydrogen-bond acceptors (Lipinski definition) is 4. The van der Waals surface area contributed by atoms with Gasteiger partial charge < -0.3 is 0 Å². The maximum absolute atomic E-state index is 14.7. The van der Waals surface area contributed by atoms with E-state index in [2.05, 4.69) is 28.7 Å². The first-order chi connectivity index (χ1) is 18.2. The highest BCUT2D eigenvalue weighted by Crippen LogP contribution is 2.34. The van der Waals surface area contributed by atoms with Gasteiger partial charge in [-0.3, -0.25) is 14.0 Å². The van der Waals surface area contributed by atoms with Crippen molar-refractivity contribution in [3.63, 3.8) is 0 Å². The zero-order valence-corrected chi connectivity index (χ0v) is 21.6. The maximum atomic E-state index is 14.7. The van der Waals surface area contributed by atoms with Gasteiger partial charge in [-0.1, -0.05) is 6.07 Å². The molecule has 1 saturated carbocycles. The van der Waals surface area contributed by atoms with Crippen molar-refractivity contribution in [3.05, 3.63) is 85.0 Å². The van der Waals surface area contributed by atoms with E-state index in [-0.39, 0.29) is 11.6 Å². The van der Waals surface area contributed by atoms with Crippen LogP contribution in [0.5, 0.6) is 0 Å². The zero-order chi connectivity index (χ0) is 26.6. The minimum Gasteiger partial charge on any atom is -0.299 e. The minimum atomic E-state index is -3.56. The van der Waals surface area contributed by atoms with Gasteiger partial charge in [-0.2, -0.15) is 5.10 Å². The van der Waals surface area contributed by atoms with E-state index in [1.165, 1.54) is 12.1 Å². The Hall–Kier alpha value is -4.05. The summed E-state index contributed by atoms with van der Waals surface area (Å²) in [5, 5.41) is 3.99. The fourth-order valence-corrected chi connectivity index (χ4v) is 5.85. The second kappa shape index (κ2) is 9.05. The highest BCUT2D eigenvalue weighted by atomic mass is 32.2. The van der Waals surface area contributed by atoms with Crippen LogP contribution in [0, 0.1) is 11.6 Å². The van der Waals surface area contributed by atoms with Gasteiger partial charge in [-0.05, 0) is 80.3 Å². The van der Waals surface area contributed by atoms with E-state index in [4.69, 9.17) is 0 Å². The lowest BCUT2D eigenvalue weighted by Crippen LogP contribution is -2.17. The molecule has 0 amide bonds. The Bertz CT molecular complexity index is 1790. The lowest BCUT2D eigenvalue weighted by Gasteiger charge is -2.14. The van der Waals surface area contributed by atoms with Gasteiger partial charge in [0.05, 0.1) is 28.2 Å². The average Bonchev–Trinajstić information content (AvgIpc) is 3.47. The molecule has 38 heavy (non-hydrogen) atoms. The van der Waals surface area contributed by atoms with Crippen LogP contribution >= 0.6 is 0 Å². The molecule has 0 atom stereocenters. The van der Waals surface area contributed by atoms with E-state index < -0.39 is 26.9 Å². The third-order valence-corrected chi connectivity index (χ3v) is 8.54. The van der Waals surface area contributed by atoms with Gasteiger partial charge in [0, 0.05) is 35.1 Å². The third kappa shape index (κ3) is 4.56. The molecule has 2 heterocycles. The Labute approximate surface area is 218 Å². The molecule has 5 aromatic rings. The lowest BCUT2D eigenvalue weighted by molar-refractivity contribution is 0.532. The molecule has 1 aliphatic carbocycles. The van der Waals surface area contributed by atoms with Crippen molar-refractivity contribution in [2.45, 2.75) is 38.0 Å². The van der Waals surface area contributed by atoms with Crippen LogP contribution in [0.4, 0.5) is 14.5 Å². The second-order valence-corrected chi connectivity index (χ2v) is 11.8. The first-order valence-electron chi connectivity index (χ1n) is 12.3. The summed E-state index contributed by atoms with van der Waals surface area (Å²) in [5.74, 6) is -1.42. The number of sulfonamides is 1. The van der Waals surface area contributed by atoms with E-state index >= 15 is 0 Å². The van der Waals surface area contributed by atoms with Gasteiger partial charge in [-0.15, -0.1) is 0 Å². The Kier molecular flexibility index (Phi) is 5.79. The van der Waals surface area contributed by atoms with Gasteiger partial charge in [-0.25, -0.2) is 22.2 Å². The topological polar surface area (TPSA) is 81.8 Å². The molecule has 0 bridgehead atoms. The molecule has 10 heteroatoms. The molecule has 6 rings (SSSR count). The second-order valence-electron chi connectivity index (χ2n) is 9.86. The molecule has 1 fully saturated rings. The highest BCUT2D eigenvalue weighted by molar-refractivity contribution is 7.93. The molecule has 0 unspecified atom stereocenters. The van der Waals surface area contributed by atoms with Crippen LogP contribution in [0.3, 0.4) is 0 Å². The van der Waals surface area contributed by atoms with E-state index in [9.17, 15) is 17.2 Å². The molecule has 0 radical (unpaired) electrons. The van der Waals surface area contributed by atoms with Crippen LogP contribution < -0.4 is 4.72 Å². The number of hydrogen-bond donors (Lipinski definition) is 1. The van der Waals surface area contributed by atoms with Crippen molar-refractivity contribution < 1.29 is 17.2 Å². The number of rotatable bonds is 7. The Morgan fingerprint density at radius 1 is 0.974 bits per heavy atom. The number of fused-ring (bicyclic) bond motifs is 1. The van der Waals surface area contributed by atoms with E-state index in [0.29, 0.717) is 29.8 Å². The Morgan fingerprint density at radius 3 is 2.50 bits per heavy atom. The van der Waals surface area contributed by atoms with Crippen LogP contribution in [0.1, 0.15) is 32.7 Å². The summed E-state index contributed by atoms with van der Waals surface area (Å²) in [6.45, 7) is 4.12. The summed E-state index contributed by atoms with van der Waals surface area (Å²) in [6, 6.07) is 14.4. The largest absolute Gasteiger partial charge is 0.299 e. The van der Waals surface area contributed by atoms with Crippen LogP contribution in [0.2, 0.25) is 0 Å². The Balaban J connectivity index is 1.45. The summed E-state index contributed by atoms with van der Waals surface area (Å²) in [7, 11) is -3.56. The van der Waals surface area contributed by atoms with Gasteiger partial charge in [0.1, 0.15) is 18.0 Å². The first kappa shape index (κ1) is 24.3. The van der Waals surface area contributed by atoms with Crippen LogP contribution in [-0.2, 0) is 10.0 Å². The molecular weight excluding hydrogens is 508 g/mol. The molecule has 2 aromatic heterocycles. The van der Waals surface area contributed by atoms with E-state index in [0.717, 1.165) is 28.2 Å². The van der Waals surface area contributed by atoms with Crippen molar-refractivity contribution in [2.24, 2.45) is 0 Å². The number of anilines is 1. The fraction of sp³-hybridized carbons (Fsp3) is 0.214. The number of imidazole rings is 1. The number of nitrogens with one attached hydrogen (secondary N) is 1. The van der Waals surface area contributed by atoms with Crippen LogP contribution in [0.15, 0.2) is 73.3 Å². The monoisotopic (exact) mass is 533 g/mol. The van der Waals surface area contributed by atoms with Crippen molar-refractivity contribution in [1.82, 2.24) is 19.3 Å². The summed E-state index contributed by atoms with van der Waals surface area (Å²) >= 11 is 0. The van der Waals surface area contributed by atoms with Gasteiger partial charge in [0.25, 0.3) is 0 Å². The summed E-state index contributed by atoms with van der Waals surface area (Å²) in [6.07, 6.45) is 6.67. The molecule has 0 aliphatic heterocycles. The first-order valence-corrected chi connectivity index (χ1v) is 13.9. The summed E-state index contributed by atoms with van der Waals surface area (Å²) in [5.41, 5.74) is 4.92. The predicted molar refractivity (Wildman–Crippen MR) is 144 cm³/mol. The average molecular weight is 534 g/mol. The molecule has 1 N–H and O–H groups in total. The predicted octanol–water partition coefficient (Wildman–Crippen LogP) is 6.32. The maximum Gasteiger partial charge on any atom is 0.235 e. The molecule has 7 nitrogen and oxygen atoms in total. The minimum absolute atomic E-state index is 0.161. The number of halogens is 2. The quantitative estimate of drug-likeness (QED) is 0.266. The van der Waals surface area contributed by atoms with Crippen molar-refractivity contribution in [1.29, 1.82) is 0 Å². The standard InChI is InChI=1S/C28H25F2N5O2S/c1-17(2)35-15-20(14-32-35)18-3-8-28-27(11-18)31-16-34(28)23-10-19(25-7-4-21(29)12-26(25)30)9-22(13-23)33-38(36,37)24-5-6-24/h3-4,7-17,24,33H,5-6H2,1-2H3. The van der Waals surface area contributed by atoms with Crippen LogP contribution in [-0.4, -0.2) is 33.0 Å². The zero-order valence-electron chi connectivity index (χ0n) is 20.8. The molecule has 0 spiro atoms. The normalized spacial score (nSPS) is 13.9. The SMILES string of the molecule is CC(C)n1cc(-c2ccc3c(c2)ncn3-c2cc(NS(=O)(=O)C3CC3)cc(-c3ccc(F)cc3F)c2)cn1. The van der Waals surface area contributed by atoms with Gasteiger partial charge in [0.15, 0.2) is 0 Å². The third-order valence-electron chi connectivity index (χ3n) is 6.67. The molecule has 1 aliphatic rings. The number of aromatic nitrogens is 4. The lowest BCUT2D eigenvalue weighted by atomic mass is 10.0. The summed E-state index contributed by atoms with van der Waals surface area (Å²) < 4.78 is 60.0. The van der Waals surface area contributed by atoms with E-state index in [1.807, 2.05) is 39.8 Å². The highest BCUT2D eigenvalue weighted by Gasteiger charge is 2.35. The summed E-state index contributed by atoms with van der Waals surface area (Å²) in [4.78, 5) is 4.57. The molecule has 0 saturated heterocycles.